The Morgan fingerprint density at radius 3 is 2.73 bits per heavy atom. The number of hydrogen-bond donors (Lipinski definition) is 1. The summed E-state index contributed by atoms with van der Waals surface area (Å²) >= 11 is 2.80. The van der Waals surface area contributed by atoms with Crippen LogP contribution in [0.4, 0.5) is 9.52 Å². The third-order valence-electron chi connectivity index (χ3n) is 3.92. The van der Waals surface area contributed by atoms with Gasteiger partial charge in [0, 0.05) is 10.8 Å². The molecular formula is C18H15FN4OS2. The fraction of sp³-hybridized carbons (Fsp3) is 0.167. The van der Waals surface area contributed by atoms with Gasteiger partial charge in [0.25, 0.3) is 5.91 Å². The van der Waals surface area contributed by atoms with Crippen LogP contribution in [0.3, 0.4) is 0 Å². The molecule has 0 spiro atoms. The van der Waals surface area contributed by atoms with Crippen molar-refractivity contribution >= 4 is 43.9 Å². The quantitative estimate of drug-likeness (QED) is 0.557. The number of carbonyl (C=O) groups excluding carboxylic acids is 1. The van der Waals surface area contributed by atoms with Crippen LogP contribution in [0.5, 0.6) is 0 Å². The van der Waals surface area contributed by atoms with E-state index in [9.17, 15) is 9.18 Å². The highest BCUT2D eigenvalue weighted by Crippen LogP contribution is 2.29. The van der Waals surface area contributed by atoms with Crippen LogP contribution in [0, 0.1) is 19.7 Å². The first kappa shape index (κ1) is 16.9. The number of halogens is 1. The molecule has 0 fully saturated rings. The lowest BCUT2D eigenvalue weighted by molar-refractivity contribution is 0.103. The van der Waals surface area contributed by atoms with Crippen molar-refractivity contribution in [3.8, 4) is 0 Å². The summed E-state index contributed by atoms with van der Waals surface area (Å²) < 4.78 is 14.9. The van der Waals surface area contributed by atoms with Crippen molar-refractivity contribution in [1.29, 1.82) is 0 Å². The fourth-order valence-corrected chi connectivity index (χ4v) is 4.40. The van der Waals surface area contributed by atoms with Crippen molar-refractivity contribution in [3.63, 3.8) is 0 Å². The number of thiophene rings is 1. The highest BCUT2D eigenvalue weighted by atomic mass is 32.1. The number of thiazole rings is 1. The van der Waals surface area contributed by atoms with Crippen LogP contribution in [0.1, 0.15) is 26.6 Å². The topological polar surface area (TPSA) is 59.8 Å². The van der Waals surface area contributed by atoms with E-state index in [4.69, 9.17) is 0 Å². The van der Waals surface area contributed by atoms with Gasteiger partial charge in [-0.2, -0.15) is 5.10 Å². The Kier molecular flexibility index (Phi) is 4.29. The molecule has 4 rings (SSSR count). The minimum atomic E-state index is -0.261. The summed E-state index contributed by atoms with van der Waals surface area (Å²) in [5.74, 6) is -0.434. The first-order valence-corrected chi connectivity index (χ1v) is 9.64. The van der Waals surface area contributed by atoms with Crippen molar-refractivity contribution < 1.29 is 9.18 Å². The first-order valence-electron chi connectivity index (χ1n) is 7.94. The van der Waals surface area contributed by atoms with Gasteiger partial charge in [0.15, 0.2) is 5.13 Å². The Bertz CT molecular complexity index is 1090. The molecule has 8 heteroatoms. The predicted octanol–water partition coefficient (Wildman–Crippen LogP) is 4.61. The molecule has 0 unspecified atom stereocenters. The van der Waals surface area contributed by atoms with Gasteiger partial charge in [-0.15, -0.1) is 22.7 Å². The molecular weight excluding hydrogens is 371 g/mol. The van der Waals surface area contributed by atoms with Crippen LogP contribution in [0.15, 0.2) is 35.7 Å². The van der Waals surface area contributed by atoms with Gasteiger partial charge in [-0.3, -0.25) is 14.8 Å². The smallest absolute Gasteiger partial charge is 0.267 e. The van der Waals surface area contributed by atoms with E-state index in [0.29, 0.717) is 16.6 Å². The molecule has 3 aromatic heterocycles. The summed E-state index contributed by atoms with van der Waals surface area (Å²) in [6.07, 6.45) is 0. The molecule has 3 heterocycles. The lowest BCUT2D eigenvalue weighted by Crippen LogP contribution is -2.09. The van der Waals surface area contributed by atoms with Gasteiger partial charge in [-0.05, 0) is 37.6 Å². The zero-order valence-corrected chi connectivity index (χ0v) is 15.7. The summed E-state index contributed by atoms with van der Waals surface area (Å²) in [4.78, 5) is 18.3. The number of nitrogens with one attached hydrogen (secondary N) is 1. The number of aryl methyl sites for hydroxylation is 2. The van der Waals surface area contributed by atoms with E-state index in [-0.39, 0.29) is 11.7 Å². The molecule has 0 aliphatic rings. The highest BCUT2D eigenvalue weighted by Gasteiger charge is 2.17. The molecule has 0 aliphatic carbocycles. The van der Waals surface area contributed by atoms with Crippen molar-refractivity contribution in [2.24, 2.45) is 0 Å². The Morgan fingerprint density at radius 2 is 2.04 bits per heavy atom. The zero-order valence-electron chi connectivity index (χ0n) is 14.1. The summed E-state index contributed by atoms with van der Waals surface area (Å²) in [6, 6.07) is 8.21. The number of rotatable bonds is 4. The van der Waals surface area contributed by atoms with E-state index in [1.54, 1.807) is 12.1 Å². The monoisotopic (exact) mass is 386 g/mol. The number of hydrogen-bond acceptors (Lipinski definition) is 5. The average Bonchev–Trinajstić information content (AvgIpc) is 3.28. The highest BCUT2D eigenvalue weighted by molar-refractivity contribution is 7.20. The third-order valence-corrected chi connectivity index (χ3v) is 5.94. The molecule has 1 N–H and O–H groups in total. The molecule has 132 valence electrons. The van der Waals surface area contributed by atoms with Crippen molar-refractivity contribution in [3.05, 3.63) is 63.4 Å². The first-order chi connectivity index (χ1) is 12.5. The molecule has 0 radical (unpaired) electrons. The molecule has 1 aromatic carbocycles. The summed E-state index contributed by atoms with van der Waals surface area (Å²) in [7, 11) is 0. The van der Waals surface area contributed by atoms with Crippen molar-refractivity contribution in [2.75, 3.05) is 5.32 Å². The number of carbonyl (C=O) groups is 1. The van der Waals surface area contributed by atoms with Gasteiger partial charge in [0.05, 0.1) is 22.8 Å². The van der Waals surface area contributed by atoms with Crippen LogP contribution in [-0.4, -0.2) is 20.7 Å². The van der Waals surface area contributed by atoms with E-state index in [2.05, 4.69) is 15.4 Å². The summed E-state index contributed by atoms with van der Waals surface area (Å²) in [5, 5.41) is 10.8. The van der Waals surface area contributed by atoms with Crippen LogP contribution in [0.2, 0.25) is 0 Å². The molecule has 5 nitrogen and oxygen atoms in total. The van der Waals surface area contributed by atoms with Crippen LogP contribution in [-0.2, 0) is 6.54 Å². The Balaban J connectivity index is 1.62. The molecule has 4 aromatic rings. The molecule has 1 amide bonds. The molecule has 0 saturated carbocycles. The molecule has 26 heavy (non-hydrogen) atoms. The maximum absolute atomic E-state index is 13.1. The Hall–Kier alpha value is -2.58. The minimum absolute atomic E-state index is 0.173. The van der Waals surface area contributed by atoms with Crippen LogP contribution in [0.25, 0.3) is 10.2 Å². The average molecular weight is 386 g/mol. The molecule has 0 saturated heterocycles. The number of anilines is 1. The maximum atomic E-state index is 13.1. The number of benzene rings is 1. The standard InChI is InChI=1S/C18H15FN4OS2/c1-10-9-25-18(20-10)21-16(24)15-7-14-11(2)22-23(17(14)26-15)8-12-3-5-13(19)6-4-12/h3-7,9H,8H2,1-2H3,(H,20,21,24). The van der Waals surface area contributed by atoms with Crippen LogP contribution >= 0.6 is 22.7 Å². The van der Waals surface area contributed by atoms with Gasteiger partial charge >= 0.3 is 0 Å². The van der Waals surface area contributed by atoms with Crippen LogP contribution < -0.4 is 5.32 Å². The van der Waals surface area contributed by atoms with E-state index in [0.717, 1.165) is 27.2 Å². The van der Waals surface area contributed by atoms with Gasteiger partial charge in [0.2, 0.25) is 0 Å². The van der Waals surface area contributed by atoms with Crippen molar-refractivity contribution in [1.82, 2.24) is 14.8 Å². The SMILES string of the molecule is Cc1csc(NC(=O)c2cc3c(C)nn(Cc4ccc(F)cc4)c3s2)n1. The van der Waals surface area contributed by atoms with Crippen molar-refractivity contribution in [2.45, 2.75) is 20.4 Å². The van der Waals surface area contributed by atoms with E-state index < -0.39 is 0 Å². The zero-order chi connectivity index (χ0) is 18.3. The number of fused-ring (bicyclic) bond motifs is 1. The minimum Gasteiger partial charge on any atom is -0.297 e. The van der Waals surface area contributed by atoms with Gasteiger partial charge in [-0.25, -0.2) is 9.37 Å². The second-order valence-corrected chi connectivity index (χ2v) is 7.84. The number of aromatic nitrogens is 3. The lowest BCUT2D eigenvalue weighted by atomic mass is 10.2. The fourth-order valence-electron chi connectivity index (χ4n) is 2.66. The summed E-state index contributed by atoms with van der Waals surface area (Å²) in [5.41, 5.74) is 2.70. The number of amides is 1. The molecule has 0 atom stereocenters. The second kappa shape index (κ2) is 6.62. The van der Waals surface area contributed by atoms with E-state index in [1.807, 2.05) is 30.0 Å². The Morgan fingerprint density at radius 1 is 1.27 bits per heavy atom. The largest absolute Gasteiger partial charge is 0.297 e. The van der Waals surface area contributed by atoms with Gasteiger partial charge < -0.3 is 0 Å². The molecule has 0 bridgehead atoms. The predicted molar refractivity (Wildman–Crippen MR) is 103 cm³/mol. The van der Waals surface area contributed by atoms with Gasteiger partial charge in [-0.1, -0.05) is 12.1 Å². The third kappa shape index (κ3) is 3.25. The normalized spacial score (nSPS) is 11.2. The summed E-state index contributed by atoms with van der Waals surface area (Å²) in [6.45, 7) is 4.33. The van der Waals surface area contributed by atoms with Gasteiger partial charge in [0.1, 0.15) is 10.6 Å². The second-order valence-electron chi connectivity index (χ2n) is 5.95. The van der Waals surface area contributed by atoms with E-state index in [1.165, 1.54) is 34.8 Å². The maximum Gasteiger partial charge on any atom is 0.267 e. The molecule has 0 aliphatic heterocycles. The van der Waals surface area contributed by atoms with E-state index >= 15 is 0 Å². The number of nitrogens with zero attached hydrogens (tertiary/aromatic N) is 3. The lowest BCUT2D eigenvalue weighted by Gasteiger charge is -2.03. The Labute approximate surface area is 157 Å².